The standard InChI is InChI=1S/C26H40N2O5/c1-15(2)8-11-33-28-16(3)17-7-10-26(31)19-12-21(27-32)20-13-22(29)23(30)14-24(20,4)18(19)6-9-25(17,26)5/h8,12,17-18,20,22-23,29-32H,6-7,9-11,13-14H2,1-5H3/b27-21+,28-16?/t17-,18?,20+,22-,23+,24-,25-,26-/m1/s1. The molecular weight excluding hydrogens is 420 g/mol. The molecule has 4 rings (SSSR count). The Bertz CT molecular complexity index is 906. The Balaban J connectivity index is 1.68. The highest BCUT2D eigenvalue weighted by atomic mass is 16.6. The van der Waals surface area contributed by atoms with E-state index in [-0.39, 0.29) is 23.2 Å². The lowest BCUT2D eigenvalue weighted by Crippen LogP contribution is -2.61. The Morgan fingerprint density at radius 2 is 1.85 bits per heavy atom. The zero-order valence-electron chi connectivity index (χ0n) is 20.6. The molecule has 0 aromatic rings. The number of fused-ring (bicyclic) bond motifs is 5. The molecule has 0 radical (unpaired) electrons. The van der Waals surface area contributed by atoms with E-state index < -0.39 is 23.2 Å². The maximum absolute atomic E-state index is 12.2. The Hall–Kier alpha value is -1.70. The van der Waals surface area contributed by atoms with Crippen molar-refractivity contribution in [3.8, 4) is 0 Å². The normalized spacial score (nSPS) is 46.2. The molecule has 0 amide bonds. The first-order chi connectivity index (χ1) is 15.5. The lowest BCUT2D eigenvalue weighted by molar-refractivity contribution is -0.116. The van der Waals surface area contributed by atoms with E-state index in [2.05, 4.69) is 24.2 Å². The number of hydrogen-bond donors (Lipinski definition) is 4. The fourth-order valence-corrected chi connectivity index (χ4v) is 7.57. The Kier molecular flexibility index (Phi) is 6.30. The number of rotatable bonds is 4. The van der Waals surface area contributed by atoms with Crippen molar-refractivity contribution < 1.29 is 25.4 Å². The molecule has 0 bridgehead atoms. The van der Waals surface area contributed by atoms with Gasteiger partial charge in [0.15, 0.2) is 0 Å². The van der Waals surface area contributed by atoms with Gasteiger partial charge in [0, 0.05) is 17.3 Å². The van der Waals surface area contributed by atoms with Crippen molar-refractivity contribution in [2.45, 2.75) is 91.0 Å². The Labute approximate surface area is 196 Å². The van der Waals surface area contributed by atoms with Gasteiger partial charge in [0.2, 0.25) is 0 Å². The minimum Gasteiger partial charge on any atom is -0.411 e. The van der Waals surface area contributed by atoms with Gasteiger partial charge in [0.05, 0.1) is 29.2 Å². The maximum atomic E-state index is 12.2. The highest BCUT2D eigenvalue weighted by Crippen LogP contribution is 2.67. The number of allylic oxidation sites excluding steroid dienone is 2. The number of aliphatic hydroxyl groups is 3. The first kappa shape index (κ1) is 24.4. The van der Waals surface area contributed by atoms with E-state index >= 15 is 0 Å². The van der Waals surface area contributed by atoms with Crippen molar-refractivity contribution in [3.05, 3.63) is 23.3 Å². The van der Waals surface area contributed by atoms with Crippen LogP contribution in [0.5, 0.6) is 0 Å². The molecule has 184 valence electrons. The fourth-order valence-electron chi connectivity index (χ4n) is 7.57. The second-order valence-electron chi connectivity index (χ2n) is 11.5. The zero-order chi connectivity index (χ0) is 24.2. The smallest absolute Gasteiger partial charge is 0.135 e. The van der Waals surface area contributed by atoms with Crippen molar-refractivity contribution in [1.82, 2.24) is 0 Å². The Morgan fingerprint density at radius 1 is 1.12 bits per heavy atom. The van der Waals surface area contributed by atoms with Gasteiger partial charge in [-0.15, -0.1) is 0 Å². The monoisotopic (exact) mass is 460 g/mol. The van der Waals surface area contributed by atoms with Crippen LogP contribution in [0.2, 0.25) is 0 Å². The van der Waals surface area contributed by atoms with Gasteiger partial charge in [-0.05, 0) is 88.4 Å². The van der Waals surface area contributed by atoms with Gasteiger partial charge in [0.25, 0.3) is 0 Å². The third-order valence-electron chi connectivity index (χ3n) is 9.53. The van der Waals surface area contributed by atoms with Gasteiger partial charge in [-0.1, -0.05) is 29.7 Å². The molecule has 0 aromatic heterocycles. The van der Waals surface area contributed by atoms with Crippen molar-refractivity contribution in [2.24, 2.45) is 38.9 Å². The van der Waals surface area contributed by atoms with Crippen LogP contribution in [0.25, 0.3) is 0 Å². The molecule has 8 atom stereocenters. The second-order valence-corrected chi connectivity index (χ2v) is 11.5. The molecule has 7 heteroatoms. The molecule has 3 fully saturated rings. The average Bonchev–Trinajstić information content (AvgIpc) is 3.03. The van der Waals surface area contributed by atoms with Crippen molar-refractivity contribution >= 4 is 11.4 Å². The fraction of sp³-hybridized carbons (Fsp3) is 0.769. The minimum atomic E-state index is -1.04. The summed E-state index contributed by atoms with van der Waals surface area (Å²) >= 11 is 0. The quantitative estimate of drug-likeness (QED) is 0.167. The van der Waals surface area contributed by atoms with Crippen LogP contribution in [-0.2, 0) is 4.84 Å². The SMILES string of the molecule is CC(C)=CCON=C(C)[C@H]1CC[C@@]2(O)C3=C/C(=N\O)[C@@H]4C[C@@H](O)[C@@H](O)C[C@]4(C)C3CC[C@]12C. The van der Waals surface area contributed by atoms with Crippen LogP contribution in [0, 0.1) is 28.6 Å². The van der Waals surface area contributed by atoms with E-state index in [9.17, 15) is 20.5 Å². The third-order valence-corrected chi connectivity index (χ3v) is 9.53. The molecule has 0 aliphatic heterocycles. The van der Waals surface area contributed by atoms with Crippen LogP contribution in [0.15, 0.2) is 33.6 Å². The van der Waals surface area contributed by atoms with E-state index in [0.717, 1.165) is 30.5 Å². The molecular formula is C26H40N2O5. The van der Waals surface area contributed by atoms with Gasteiger partial charge >= 0.3 is 0 Å². The maximum Gasteiger partial charge on any atom is 0.135 e. The van der Waals surface area contributed by atoms with Crippen LogP contribution in [0.1, 0.15) is 73.1 Å². The summed E-state index contributed by atoms with van der Waals surface area (Å²) in [6.07, 6.45) is 6.17. The van der Waals surface area contributed by atoms with Crippen LogP contribution < -0.4 is 0 Å². The lowest BCUT2D eigenvalue weighted by Gasteiger charge is -2.60. The van der Waals surface area contributed by atoms with E-state index in [1.165, 1.54) is 5.57 Å². The largest absolute Gasteiger partial charge is 0.411 e. The Morgan fingerprint density at radius 3 is 2.52 bits per heavy atom. The first-order valence-corrected chi connectivity index (χ1v) is 12.3. The van der Waals surface area contributed by atoms with Crippen LogP contribution in [0.4, 0.5) is 0 Å². The van der Waals surface area contributed by atoms with Gasteiger partial charge in [-0.25, -0.2) is 0 Å². The number of nitrogens with zero attached hydrogens (tertiary/aromatic N) is 2. The van der Waals surface area contributed by atoms with E-state index in [1.807, 2.05) is 32.9 Å². The first-order valence-electron chi connectivity index (χ1n) is 12.3. The highest BCUT2D eigenvalue weighted by molar-refractivity contribution is 5.99. The van der Waals surface area contributed by atoms with Gasteiger partial charge < -0.3 is 25.4 Å². The molecule has 7 nitrogen and oxygen atoms in total. The number of oxime groups is 2. The topological polar surface area (TPSA) is 115 Å². The lowest BCUT2D eigenvalue weighted by atomic mass is 9.46. The van der Waals surface area contributed by atoms with Gasteiger partial charge in [-0.3, -0.25) is 0 Å². The summed E-state index contributed by atoms with van der Waals surface area (Å²) in [4.78, 5) is 5.54. The molecule has 1 unspecified atom stereocenters. The van der Waals surface area contributed by atoms with Crippen molar-refractivity contribution in [2.75, 3.05) is 6.61 Å². The summed E-state index contributed by atoms with van der Waals surface area (Å²) < 4.78 is 0. The molecule has 4 aliphatic carbocycles. The van der Waals surface area contributed by atoms with Crippen molar-refractivity contribution in [1.29, 1.82) is 0 Å². The molecule has 4 N–H and O–H groups in total. The summed E-state index contributed by atoms with van der Waals surface area (Å²) in [5.74, 6) is 0.0135. The van der Waals surface area contributed by atoms with Crippen LogP contribution >= 0.6 is 0 Å². The summed E-state index contributed by atoms with van der Waals surface area (Å²) in [7, 11) is 0. The molecule has 33 heavy (non-hydrogen) atoms. The third kappa shape index (κ3) is 3.67. The van der Waals surface area contributed by atoms with E-state index in [1.54, 1.807) is 0 Å². The van der Waals surface area contributed by atoms with Gasteiger partial charge in [-0.2, -0.15) is 0 Å². The highest BCUT2D eigenvalue weighted by Gasteiger charge is 2.66. The summed E-state index contributed by atoms with van der Waals surface area (Å²) in [6.45, 7) is 10.7. The summed E-state index contributed by atoms with van der Waals surface area (Å²) in [6, 6.07) is 0. The molecule has 0 aromatic carbocycles. The minimum absolute atomic E-state index is 0.0677. The van der Waals surface area contributed by atoms with E-state index in [0.29, 0.717) is 31.6 Å². The second kappa shape index (κ2) is 8.51. The zero-order valence-corrected chi connectivity index (χ0v) is 20.6. The molecule has 4 aliphatic rings. The predicted octanol–water partition coefficient (Wildman–Crippen LogP) is 3.81. The molecule has 0 heterocycles. The van der Waals surface area contributed by atoms with Gasteiger partial charge in [0.1, 0.15) is 6.61 Å². The van der Waals surface area contributed by atoms with Crippen LogP contribution in [-0.4, -0.2) is 56.4 Å². The average molecular weight is 461 g/mol. The number of aliphatic hydroxyl groups excluding tert-OH is 2. The van der Waals surface area contributed by atoms with E-state index in [4.69, 9.17) is 4.84 Å². The molecule has 3 saturated carbocycles. The summed E-state index contributed by atoms with van der Waals surface area (Å²) in [5, 5.41) is 50.9. The molecule has 0 spiro atoms. The predicted molar refractivity (Wildman–Crippen MR) is 127 cm³/mol. The van der Waals surface area contributed by atoms with Crippen LogP contribution in [0.3, 0.4) is 0 Å². The summed E-state index contributed by atoms with van der Waals surface area (Å²) in [5.41, 5.74) is 1.69. The van der Waals surface area contributed by atoms with Crippen molar-refractivity contribution in [3.63, 3.8) is 0 Å². The number of hydrogen-bond acceptors (Lipinski definition) is 7. The molecule has 0 saturated heterocycles.